The Morgan fingerprint density at radius 3 is 3.05 bits per heavy atom. The average Bonchev–Trinajstić information content (AvgIpc) is 3.05. The summed E-state index contributed by atoms with van der Waals surface area (Å²) in [5, 5.41) is 12.4. The summed E-state index contributed by atoms with van der Waals surface area (Å²) in [5.41, 5.74) is 0.0852. The second-order valence-electron chi connectivity index (χ2n) is 4.63. The molecule has 0 bridgehead atoms. The standard InChI is InChI=1S/C14H14F2N4OS/c1-3-4-5-10(15)9(2)12-8-11(16)13-18-14(19-20(12)13)22(21)7-6-17/h3-5,11-12H,2,7-8H2,1H3/b4-3-,10-5+/t11-,12-,22-/m0/s1. The molecule has 5 nitrogen and oxygen atoms in total. The Morgan fingerprint density at radius 1 is 1.68 bits per heavy atom. The average molecular weight is 324 g/mol. The Morgan fingerprint density at radius 2 is 2.41 bits per heavy atom. The molecule has 3 atom stereocenters. The lowest BCUT2D eigenvalue weighted by atomic mass is 10.0. The monoisotopic (exact) mass is 324 g/mol. The van der Waals surface area contributed by atoms with E-state index in [-0.39, 0.29) is 28.7 Å². The van der Waals surface area contributed by atoms with Gasteiger partial charge in [0, 0.05) is 12.0 Å². The highest BCUT2D eigenvalue weighted by molar-refractivity contribution is 7.85. The first-order valence-corrected chi connectivity index (χ1v) is 7.85. The van der Waals surface area contributed by atoms with Crippen molar-refractivity contribution in [3.63, 3.8) is 0 Å². The van der Waals surface area contributed by atoms with Crippen molar-refractivity contribution in [3.8, 4) is 6.07 Å². The fraction of sp³-hybridized carbons (Fsp3) is 0.357. The molecule has 22 heavy (non-hydrogen) atoms. The minimum Gasteiger partial charge on any atom is -0.250 e. The molecule has 0 radical (unpaired) electrons. The van der Waals surface area contributed by atoms with E-state index in [4.69, 9.17) is 5.26 Å². The van der Waals surface area contributed by atoms with E-state index in [0.29, 0.717) is 0 Å². The molecule has 1 aromatic rings. The number of rotatable bonds is 5. The van der Waals surface area contributed by atoms with Crippen molar-refractivity contribution in [2.24, 2.45) is 0 Å². The molecule has 2 heterocycles. The topological polar surface area (TPSA) is 71.6 Å². The number of nitrogens with zero attached hydrogens (tertiary/aromatic N) is 4. The first kappa shape index (κ1) is 16.2. The number of alkyl halides is 1. The summed E-state index contributed by atoms with van der Waals surface area (Å²) in [6, 6.07) is 1.02. The molecule has 1 aliphatic rings. The van der Waals surface area contributed by atoms with Gasteiger partial charge in [-0.3, -0.25) is 0 Å². The van der Waals surface area contributed by atoms with Crippen molar-refractivity contribution in [2.75, 3.05) is 5.75 Å². The van der Waals surface area contributed by atoms with Crippen molar-refractivity contribution >= 4 is 10.8 Å². The SMILES string of the molecule is C=C(/C(F)=C\C=C/C)[C@@H]1C[C@H](F)c2nc([S@@](=O)CC#N)nn21. The van der Waals surface area contributed by atoms with Gasteiger partial charge in [-0.2, -0.15) is 5.26 Å². The third-order valence-corrected chi connectivity index (χ3v) is 4.16. The molecule has 116 valence electrons. The van der Waals surface area contributed by atoms with Crippen LogP contribution >= 0.6 is 0 Å². The van der Waals surface area contributed by atoms with E-state index in [1.165, 1.54) is 16.8 Å². The fourth-order valence-corrected chi connectivity index (χ4v) is 2.74. The van der Waals surface area contributed by atoms with Gasteiger partial charge in [-0.1, -0.05) is 18.7 Å². The molecule has 0 saturated carbocycles. The number of nitriles is 1. The highest BCUT2D eigenvalue weighted by Crippen LogP contribution is 2.41. The molecule has 0 N–H and O–H groups in total. The second kappa shape index (κ2) is 6.75. The Kier molecular flexibility index (Phi) is 4.98. The van der Waals surface area contributed by atoms with Gasteiger partial charge in [0.1, 0.15) is 22.4 Å². The van der Waals surface area contributed by atoms with Crippen molar-refractivity contribution in [1.82, 2.24) is 14.8 Å². The molecule has 0 saturated heterocycles. The number of hydrogen-bond donors (Lipinski definition) is 0. The minimum absolute atomic E-state index is 0.00808. The number of allylic oxidation sites excluding steroid dienone is 5. The van der Waals surface area contributed by atoms with E-state index >= 15 is 0 Å². The highest BCUT2D eigenvalue weighted by Gasteiger charge is 2.37. The zero-order valence-electron chi connectivity index (χ0n) is 11.9. The number of hydrogen-bond acceptors (Lipinski definition) is 4. The summed E-state index contributed by atoms with van der Waals surface area (Å²) in [5.74, 6) is -0.855. The quantitative estimate of drug-likeness (QED) is 0.781. The smallest absolute Gasteiger partial charge is 0.240 e. The molecule has 0 spiro atoms. The minimum atomic E-state index is -1.72. The van der Waals surface area contributed by atoms with Crippen LogP contribution in [-0.2, 0) is 10.8 Å². The Bertz CT molecular complexity index is 717. The lowest BCUT2D eigenvalue weighted by molar-refractivity contribution is 0.325. The molecule has 2 rings (SSSR count). The zero-order valence-corrected chi connectivity index (χ0v) is 12.7. The zero-order chi connectivity index (χ0) is 16.3. The Hall–Kier alpha value is -2.14. The first-order valence-electron chi connectivity index (χ1n) is 6.53. The van der Waals surface area contributed by atoms with Crippen LogP contribution in [0.1, 0.15) is 31.4 Å². The van der Waals surface area contributed by atoms with Crippen LogP contribution in [0, 0.1) is 11.3 Å². The summed E-state index contributed by atoms with van der Waals surface area (Å²) >= 11 is 0. The summed E-state index contributed by atoms with van der Waals surface area (Å²) in [7, 11) is -1.72. The Balaban J connectivity index is 2.32. The number of fused-ring (bicyclic) bond motifs is 1. The van der Waals surface area contributed by atoms with Crippen LogP contribution < -0.4 is 0 Å². The van der Waals surface area contributed by atoms with Gasteiger partial charge >= 0.3 is 0 Å². The van der Waals surface area contributed by atoms with Gasteiger partial charge in [0.05, 0.1) is 12.1 Å². The van der Waals surface area contributed by atoms with E-state index in [1.807, 2.05) is 0 Å². The lowest BCUT2D eigenvalue weighted by Gasteiger charge is -2.12. The first-order chi connectivity index (χ1) is 10.5. The van der Waals surface area contributed by atoms with Crippen LogP contribution in [0.25, 0.3) is 0 Å². The van der Waals surface area contributed by atoms with Crippen LogP contribution in [0.15, 0.2) is 41.4 Å². The van der Waals surface area contributed by atoms with Crippen LogP contribution in [0.5, 0.6) is 0 Å². The normalized spacial score (nSPS) is 22.5. The van der Waals surface area contributed by atoms with Crippen LogP contribution in [0.2, 0.25) is 0 Å². The molecule has 0 aliphatic carbocycles. The molecule has 0 amide bonds. The molecule has 0 aromatic carbocycles. The molecule has 8 heteroatoms. The number of aromatic nitrogens is 3. The van der Waals surface area contributed by atoms with Crippen LogP contribution in [0.3, 0.4) is 0 Å². The maximum atomic E-state index is 14.0. The lowest BCUT2D eigenvalue weighted by Crippen LogP contribution is -2.10. The van der Waals surface area contributed by atoms with Gasteiger partial charge in [-0.05, 0) is 13.0 Å². The van der Waals surface area contributed by atoms with Gasteiger partial charge in [0.15, 0.2) is 12.0 Å². The van der Waals surface area contributed by atoms with Crippen LogP contribution in [-0.4, -0.2) is 24.7 Å². The summed E-state index contributed by atoms with van der Waals surface area (Å²) in [4.78, 5) is 3.87. The van der Waals surface area contributed by atoms with E-state index in [1.54, 1.807) is 19.1 Å². The molecular weight excluding hydrogens is 310 g/mol. The Labute approximate surface area is 129 Å². The maximum absolute atomic E-state index is 14.0. The van der Waals surface area contributed by atoms with Gasteiger partial charge < -0.3 is 0 Å². The predicted octanol–water partition coefficient (Wildman–Crippen LogP) is 2.85. The molecule has 0 unspecified atom stereocenters. The molecular formula is C14H14F2N4OS. The molecule has 1 aliphatic heterocycles. The summed E-state index contributed by atoms with van der Waals surface area (Å²) in [6.07, 6.45) is 2.95. The van der Waals surface area contributed by atoms with Crippen molar-refractivity contribution in [3.05, 3.63) is 42.0 Å². The van der Waals surface area contributed by atoms with Crippen LogP contribution in [0.4, 0.5) is 8.78 Å². The van der Waals surface area contributed by atoms with Crippen molar-refractivity contribution in [2.45, 2.75) is 30.7 Å². The summed E-state index contributed by atoms with van der Waals surface area (Å²) < 4.78 is 40.9. The molecule has 1 aromatic heterocycles. The van der Waals surface area contributed by atoms with Gasteiger partial charge in [0.25, 0.3) is 0 Å². The highest BCUT2D eigenvalue weighted by atomic mass is 32.2. The predicted molar refractivity (Wildman–Crippen MR) is 77.6 cm³/mol. The van der Waals surface area contributed by atoms with Crippen molar-refractivity contribution < 1.29 is 13.0 Å². The number of halogens is 2. The fourth-order valence-electron chi connectivity index (χ4n) is 2.12. The molecule has 0 fully saturated rings. The second-order valence-corrected chi connectivity index (χ2v) is 5.97. The van der Waals surface area contributed by atoms with Gasteiger partial charge in [0.2, 0.25) is 5.16 Å². The van der Waals surface area contributed by atoms with E-state index in [9.17, 15) is 13.0 Å². The van der Waals surface area contributed by atoms with E-state index in [2.05, 4.69) is 16.7 Å². The van der Waals surface area contributed by atoms with Crippen molar-refractivity contribution in [1.29, 1.82) is 5.26 Å². The third kappa shape index (κ3) is 3.04. The maximum Gasteiger partial charge on any atom is 0.240 e. The van der Waals surface area contributed by atoms with E-state index < -0.39 is 28.8 Å². The van der Waals surface area contributed by atoms with E-state index in [0.717, 1.165) is 0 Å². The third-order valence-electron chi connectivity index (χ3n) is 3.19. The van der Waals surface area contributed by atoms with Gasteiger partial charge in [-0.15, -0.1) is 5.10 Å². The van der Waals surface area contributed by atoms with Gasteiger partial charge in [-0.25, -0.2) is 22.7 Å². The largest absolute Gasteiger partial charge is 0.250 e. The summed E-state index contributed by atoms with van der Waals surface area (Å²) in [6.45, 7) is 5.39.